The third-order valence-corrected chi connectivity index (χ3v) is 4.32. The molecular weight excluding hydrogens is 260 g/mol. The van der Waals surface area contributed by atoms with Gasteiger partial charge in [-0.05, 0) is 35.6 Å². The lowest BCUT2D eigenvalue weighted by Crippen LogP contribution is -2.29. The molecule has 4 heterocycles. The van der Waals surface area contributed by atoms with Gasteiger partial charge in [0.2, 0.25) is 11.7 Å². The summed E-state index contributed by atoms with van der Waals surface area (Å²) in [6.07, 6.45) is 2.92. The maximum Gasteiger partial charge on any atom is 0.248 e. The predicted molar refractivity (Wildman–Crippen MR) is 72.0 cm³/mol. The van der Waals surface area contributed by atoms with Gasteiger partial charge < -0.3 is 14.8 Å². The molecule has 0 spiro atoms. The highest BCUT2D eigenvalue weighted by Crippen LogP contribution is 2.31. The van der Waals surface area contributed by atoms with Crippen molar-refractivity contribution < 1.29 is 4.52 Å². The third kappa shape index (κ3) is 1.80. The molecule has 1 aliphatic heterocycles. The van der Waals surface area contributed by atoms with Gasteiger partial charge in [-0.25, -0.2) is 0 Å². The van der Waals surface area contributed by atoms with Gasteiger partial charge in [0.1, 0.15) is 6.04 Å². The summed E-state index contributed by atoms with van der Waals surface area (Å²) in [5.41, 5.74) is 2.13. The van der Waals surface area contributed by atoms with E-state index in [-0.39, 0.29) is 6.04 Å². The fourth-order valence-electron chi connectivity index (χ4n) is 2.40. The summed E-state index contributed by atoms with van der Waals surface area (Å²) in [6.45, 7) is 0.943. The van der Waals surface area contributed by atoms with Gasteiger partial charge in [-0.2, -0.15) is 4.98 Å². The topological polar surface area (TPSA) is 66.7 Å². The Kier molecular flexibility index (Phi) is 2.49. The molecule has 96 valence electrons. The van der Waals surface area contributed by atoms with Gasteiger partial charge in [0.05, 0.1) is 5.69 Å². The highest BCUT2D eigenvalue weighted by atomic mass is 32.1. The Morgan fingerprint density at radius 1 is 1.37 bits per heavy atom. The van der Waals surface area contributed by atoms with Crippen LogP contribution in [0.15, 0.2) is 34.3 Å². The average molecular weight is 272 g/mol. The molecule has 4 rings (SSSR count). The monoisotopic (exact) mass is 272 g/mol. The molecule has 3 aromatic rings. The number of H-pyrrole nitrogens is 1. The maximum atomic E-state index is 5.42. The largest absolute Gasteiger partial charge is 0.359 e. The minimum Gasteiger partial charge on any atom is -0.359 e. The Morgan fingerprint density at radius 2 is 2.37 bits per heavy atom. The van der Waals surface area contributed by atoms with E-state index in [2.05, 4.69) is 31.9 Å². The maximum absolute atomic E-state index is 5.42. The molecule has 0 bridgehead atoms. The Labute approximate surface area is 113 Å². The van der Waals surface area contributed by atoms with Gasteiger partial charge in [-0.3, -0.25) is 0 Å². The van der Waals surface area contributed by atoms with Crippen molar-refractivity contribution in [2.45, 2.75) is 12.5 Å². The highest BCUT2D eigenvalue weighted by Gasteiger charge is 2.27. The molecule has 0 saturated heterocycles. The summed E-state index contributed by atoms with van der Waals surface area (Å²) in [7, 11) is 0. The van der Waals surface area contributed by atoms with E-state index in [1.165, 1.54) is 10.4 Å². The Morgan fingerprint density at radius 3 is 3.26 bits per heavy atom. The molecule has 5 nitrogen and oxygen atoms in total. The van der Waals surface area contributed by atoms with Crippen molar-refractivity contribution in [1.82, 2.24) is 20.4 Å². The van der Waals surface area contributed by atoms with Crippen LogP contribution in [0.1, 0.15) is 22.4 Å². The minimum atomic E-state index is 0.0196. The summed E-state index contributed by atoms with van der Waals surface area (Å²) in [6, 6.07) is 6.00. The van der Waals surface area contributed by atoms with E-state index < -0.39 is 0 Å². The van der Waals surface area contributed by atoms with Crippen molar-refractivity contribution >= 4 is 11.3 Å². The van der Waals surface area contributed by atoms with Crippen LogP contribution >= 0.6 is 11.3 Å². The zero-order valence-corrected chi connectivity index (χ0v) is 10.9. The van der Waals surface area contributed by atoms with Crippen LogP contribution in [0.25, 0.3) is 11.5 Å². The van der Waals surface area contributed by atoms with Gasteiger partial charge in [0.15, 0.2) is 0 Å². The number of aromatic amines is 1. The first-order chi connectivity index (χ1) is 9.42. The van der Waals surface area contributed by atoms with Gasteiger partial charge >= 0.3 is 0 Å². The summed E-state index contributed by atoms with van der Waals surface area (Å²) in [5.74, 6) is 1.23. The Bertz CT molecular complexity index is 685. The SMILES string of the molecule is c1c[nH]c(-c2noc(C3NCCc4sccc43)n2)c1. The Balaban J connectivity index is 1.71. The quantitative estimate of drug-likeness (QED) is 0.751. The smallest absolute Gasteiger partial charge is 0.248 e. The highest BCUT2D eigenvalue weighted by molar-refractivity contribution is 7.10. The Hall–Kier alpha value is -1.92. The molecule has 2 N–H and O–H groups in total. The number of nitrogens with one attached hydrogen (secondary N) is 2. The van der Waals surface area contributed by atoms with Crippen LogP contribution in [0.4, 0.5) is 0 Å². The third-order valence-electron chi connectivity index (χ3n) is 3.32. The van der Waals surface area contributed by atoms with Crippen molar-refractivity contribution in [2.24, 2.45) is 0 Å². The fourth-order valence-corrected chi connectivity index (χ4v) is 3.32. The number of hydrogen-bond acceptors (Lipinski definition) is 5. The molecule has 1 unspecified atom stereocenters. The number of rotatable bonds is 2. The first-order valence-corrected chi connectivity index (χ1v) is 7.07. The van der Waals surface area contributed by atoms with Crippen LogP contribution in [0.5, 0.6) is 0 Å². The molecule has 1 atom stereocenters. The van der Waals surface area contributed by atoms with E-state index in [1.807, 2.05) is 18.3 Å². The fraction of sp³-hybridized carbons (Fsp3) is 0.231. The first-order valence-electron chi connectivity index (χ1n) is 6.19. The first kappa shape index (κ1) is 11.0. The minimum absolute atomic E-state index is 0.0196. The van der Waals surface area contributed by atoms with E-state index in [9.17, 15) is 0 Å². The molecule has 6 heteroatoms. The van der Waals surface area contributed by atoms with E-state index in [4.69, 9.17) is 4.52 Å². The van der Waals surface area contributed by atoms with Crippen molar-refractivity contribution in [3.63, 3.8) is 0 Å². The second-order valence-electron chi connectivity index (χ2n) is 4.48. The van der Waals surface area contributed by atoms with Crippen molar-refractivity contribution in [3.8, 4) is 11.5 Å². The standard InChI is InChI=1S/C13H12N4OS/c1-2-9(14-5-1)12-16-13(18-17-12)11-8-4-7-19-10(8)3-6-15-11/h1-2,4-5,7,11,14-15H,3,6H2. The summed E-state index contributed by atoms with van der Waals surface area (Å²) in [5, 5.41) is 9.59. The summed E-state index contributed by atoms with van der Waals surface area (Å²) in [4.78, 5) is 8.97. The number of nitrogens with zero attached hydrogens (tertiary/aromatic N) is 2. The second kappa shape index (κ2) is 4.32. The molecule has 0 saturated carbocycles. The van der Waals surface area contributed by atoms with Crippen molar-refractivity contribution in [3.05, 3.63) is 46.1 Å². The normalized spacial score (nSPS) is 18.4. The van der Waals surface area contributed by atoms with Gasteiger partial charge in [-0.1, -0.05) is 5.16 Å². The van der Waals surface area contributed by atoms with Gasteiger partial charge in [0.25, 0.3) is 0 Å². The van der Waals surface area contributed by atoms with Crippen molar-refractivity contribution in [2.75, 3.05) is 6.54 Å². The molecule has 19 heavy (non-hydrogen) atoms. The van der Waals surface area contributed by atoms with E-state index >= 15 is 0 Å². The van der Waals surface area contributed by atoms with Gasteiger partial charge in [-0.15, -0.1) is 11.3 Å². The number of aromatic nitrogens is 3. The molecule has 0 amide bonds. The molecule has 3 aromatic heterocycles. The molecule has 0 fully saturated rings. The lowest BCUT2D eigenvalue weighted by molar-refractivity contribution is 0.344. The van der Waals surface area contributed by atoms with Crippen molar-refractivity contribution in [1.29, 1.82) is 0 Å². The molecular formula is C13H12N4OS. The van der Waals surface area contributed by atoms with E-state index in [1.54, 1.807) is 11.3 Å². The predicted octanol–water partition coefficient (Wildman–Crippen LogP) is 2.36. The average Bonchev–Trinajstić information content (AvgIpc) is 3.18. The van der Waals surface area contributed by atoms with Crippen LogP contribution in [-0.4, -0.2) is 21.7 Å². The molecule has 1 aliphatic rings. The van der Waals surface area contributed by atoms with Crippen LogP contribution < -0.4 is 5.32 Å². The zero-order chi connectivity index (χ0) is 12.7. The number of hydrogen-bond donors (Lipinski definition) is 2. The summed E-state index contributed by atoms with van der Waals surface area (Å²) >= 11 is 1.79. The molecule has 0 radical (unpaired) electrons. The van der Waals surface area contributed by atoms with E-state index in [0.717, 1.165) is 18.7 Å². The summed E-state index contributed by atoms with van der Waals surface area (Å²) < 4.78 is 5.42. The second-order valence-corrected chi connectivity index (χ2v) is 5.48. The number of fused-ring (bicyclic) bond motifs is 1. The van der Waals surface area contributed by atoms with E-state index in [0.29, 0.717) is 11.7 Å². The van der Waals surface area contributed by atoms with Crippen LogP contribution in [-0.2, 0) is 6.42 Å². The molecule has 0 aromatic carbocycles. The van der Waals surface area contributed by atoms with Crippen LogP contribution in [0, 0.1) is 0 Å². The van der Waals surface area contributed by atoms with Crippen LogP contribution in [0.2, 0.25) is 0 Å². The lowest BCUT2D eigenvalue weighted by atomic mass is 10.0. The van der Waals surface area contributed by atoms with Gasteiger partial charge in [0, 0.05) is 17.6 Å². The zero-order valence-electron chi connectivity index (χ0n) is 10.1. The molecule has 0 aliphatic carbocycles. The number of thiophene rings is 1. The lowest BCUT2D eigenvalue weighted by Gasteiger charge is -2.20. The van der Waals surface area contributed by atoms with Crippen LogP contribution in [0.3, 0.4) is 0 Å².